The third kappa shape index (κ3) is 4.37. The lowest BCUT2D eigenvalue weighted by Crippen LogP contribution is -2.24. The van der Waals surface area contributed by atoms with Gasteiger partial charge in [-0.25, -0.2) is 0 Å². The van der Waals surface area contributed by atoms with Crippen LogP contribution in [-0.4, -0.2) is 18.8 Å². The van der Waals surface area contributed by atoms with Crippen LogP contribution >= 0.6 is 12.6 Å². The van der Waals surface area contributed by atoms with Crippen molar-refractivity contribution in [3.05, 3.63) is 0 Å². The van der Waals surface area contributed by atoms with Crippen molar-refractivity contribution in [2.45, 2.75) is 44.3 Å². The number of thiol groups is 1. The van der Waals surface area contributed by atoms with Crippen molar-refractivity contribution < 1.29 is 0 Å². The molecule has 78 valence electrons. The summed E-state index contributed by atoms with van der Waals surface area (Å²) in [5.74, 6) is 1.90. The van der Waals surface area contributed by atoms with Crippen LogP contribution in [0.15, 0.2) is 0 Å². The van der Waals surface area contributed by atoms with E-state index in [1.807, 2.05) is 0 Å². The van der Waals surface area contributed by atoms with E-state index >= 15 is 0 Å². The summed E-state index contributed by atoms with van der Waals surface area (Å²) in [6.07, 6.45) is 7.02. The topological polar surface area (TPSA) is 12.0 Å². The molecule has 1 rings (SSSR count). The average molecular weight is 201 g/mol. The van der Waals surface area contributed by atoms with E-state index in [4.69, 9.17) is 0 Å². The van der Waals surface area contributed by atoms with Crippen LogP contribution < -0.4 is 5.32 Å². The highest BCUT2D eigenvalue weighted by atomic mass is 32.1. The Labute approximate surface area is 88.1 Å². The monoisotopic (exact) mass is 201 g/mol. The third-order valence-electron chi connectivity index (χ3n) is 3.13. The molecule has 1 N–H and O–H groups in total. The molecule has 0 aromatic rings. The second-order valence-corrected chi connectivity index (χ2v) is 5.41. The summed E-state index contributed by atoms with van der Waals surface area (Å²) in [5.41, 5.74) is 0. The number of rotatable bonds is 4. The van der Waals surface area contributed by atoms with Gasteiger partial charge < -0.3 is 5.32 Å². The summed E-state index contributed by atoms with van der Waals surface area (Å²) in [7, 11) is 2.06. The van der Waals surface area contributed by atoms with Crippen molar-refractivity contribution in [1.29, 1.82) is 0 Å². The first-order chi connectivity index (χ1) is 6.22. The predicted molar refractivity (Wildman–Crippen MR) is 62.4 cm³/mol. The summed E-state index contributed by atoms with van der Waals surface area (Å²) >= 11 is 4.46. The van der Waals surface area contributed by atoms with Crippen LogP contribution in [0.1, 0.15) is 39.0 Å². The predicted octanol–water partition coefficient (Wildman–Crippen LogP) is 2.72. The minimum absolute atomic E-state index is 0.589. The van der Waals surface area contributed by atoms with Crippen molar-refractivity contribution in [3.63, 3.8) is 0 Å². The molecule has 1 unspecified atom stereocenters. The summed E-state index contributed by atoms with van der Waals surface area (Å²) in [4.78, 5) is 0. The molecule has 1 aliphatic rings. The zero-order chi connectivity index (χ0) is 9.68. The van der Waals surface area contributed by atoms with Crippen molar-refractivity contribution in [3.8, 4) is 0 Å². The molecular formula is C11H23NS. The lowest BCUT2D eigenvalue weighted by atomic mass is 9.80. The van der Waals surface area contributed by atoms with E-state index in [0.29, 0.717) is 5.25 Å². The van der Waals surface area contributed by atoms with Gasteiger partial charge >= 0.3 is 0 Å². The maximum atomic E-state index is 4.46. The lowest BCUT2D eigenvalue weighted by molar-refractivity contribution is 0.261. The Bertz CT molecular complexity index is 128. The highest BCUT2D eigenvalue weighted by Gasteiger charge is 2.21. The molecular weight excluding hydrogens is 178 g/mol. The number of nitrogens with one attached hydrogen (secondary N) is 1. The fourth-order valence-electron chi connectivity index (χ4n) is 2.44. The molecule has 0 amide bonds. The smallest absolute Gasteiger partial charge is 0.000895 e. The quantitative estimate of drug-likeness (QED) is 0.667. The minimum atomic E-state index is 0.589. The molecule has 1 nitrogen and oxygen atoms in total. The molecule has 0 bridgehead atoms. The van der Waals surface area contributed by atoms with Crippen LogP contribution in [0, 0.1) is 11.8 Å². The molecule has 0 spiro atoms. The van der Waals surface area contributed by atoms with Gasteiger partial charge in [0.25, 0.3) is 0 Å². The van der Waals surface area contributed by atoms with Gasteiger partial charge in [-0.15, -0.1) is 0 Å². The molecule has 13 heavy (non-hydrogen) atoms. The fraction of sp³-hybridized carbons (Fsp3) is 1.00. The van der Waals surface area contributed by atoms with Gasteiger partial charge in [0.05, 0.1) is 0 Å². The molecule has 0 saturated heterocycles. The minimum Gasteiger partial charge on any atom is -0.319 e. The van der Waals surface area contributed by atoms with E-state index in [1.54, 1.807) is 0 Å². The highest BCUT2D eigenvalue weighted by Crippen LogP contribution is 2.31. The van der Waals surface area contributed by atoms with Gasteiger partial charge in [-0.1, -0.05) is 19.8 Å². The van der Waals surface area contributed by atoms with Crippen LogP contribution in [0.4, 0.5) is 0 Å². The van der Waals surface area contributed by atoms with E-state index in [9.17, 15) is 0 Å². The standard InChI is InChI=1S/C11H23NS/c1-9(13)7-10-3-5-11(6-4-10)8-12-2/h9-13H,3-8H2,1-2H3. The van der Waals surface area contributed by atoms with E-state index < -0.39 is 0 Å². The summed E-state index contributed by atoms with van der Waals surface area (Å²) < 4.78 is 0. The van der Waals surface area contributed by atoms with Crippen molar-refractivity contribution in [2.75, 3.05) is 13.6 Å². The summed E-state index contributed by atoms with van der Waals surface area (Å²) in [6.45, 7) is 3.42. The molecule has 2 heteroatoms. The zero-order valence-corrected chi connectivity index (χ0v) is 9.82. The average Bonchev–Trinajstić information content (AvgIpc) is 2.08. The molecule has 0 aromatic heterocycles. The largest absolute Gasteiger partial charge is 0.319 e. The molecule has 1 atom stereocenters. The first-order valence-electron chi connectivity index (χ1n) is 5.55. The Morgan fingerprint density at radius 2 is 1.77 bits per heavy atom. The van der Waals surface area contributed by atoms with Crippen LogP contribution in [0.5, 0.6) is 0 Å². The highest BCUT2D eigenvalue weighted by molar-refractivity contribution is 7.80. The van der Waals surface area contributed by atoms with E-state index in [1.165, 1.54) is 38.6 Å². The Kier molecular flexibility index (Phi) is 5.18. The van der Waals surface area contributed by atoms with Gasteiger partial charge in [0.2, 0.25) is 0 Å². The van der Waals surface area contributed by atoms with Crippen LogP contribution in [0.2, 0.25) is 0 Å². The van der Waals surface area contributed by atoms with Crippen LogP contribution in [0.25, 0.3) is 0 Å². The van der Waals surface area contributed by atoms with Gasteiger partial charge in [0.1, 0.15) is 0 Å². The fourth-order valence-corrected chi connectivity index (χ4v) is 2.74. The number of hydrogen-bond donors (Lipinski definition) is 2. The molecule has 1 aliphatic carbocycles. The summed E-state index contributed by atoms with van der Waals surface area (Å²) in [6, 6.07) is 0. The van der Waals surface area contributed by atoms with Gasteiger partial charge in [0.15, 0.2) is 0 Å². The van der Waals surface area contributed by atoms with E-state index in [-0.39, 0.29) is 0 Å². The SMILES string of the molecule is CNCC1CCC(CC(C)S)CC1. The van der Waals surface area contributed by atoms with Crippen LogP contribution in [0.3, 0.4) is 0 Å². The van der Waals surface area contributed by atoms with E-state index in [0.717, 1.165) is 11.8 Å². The Morgan fingerprint density at radius 1 is 1.23 bits per heavy atom. The molecule has 0 heterocycles. The third-order valence-corrected chi connectivity index (χ3v) is 3.34. The molecule has 0 radical (unpaired) electrons. The Morgan fingerprint density at radius 3 is 2.23 bits per heavy atom. The molecule has 0 aliphatic heterocycles. The molecule has 0 aromatic carbocycles. The van der Waals surface area contributed by atoms with Crippen LogP contribution in [-0.2, 0) is 0 Å². The van der Waals surface area contributed by atoms with Crippen molar-refractivity contribution in [2.24, 2.45) is 11.8 Å². The zero-order valence-electron chi connectivity index (χ0n) is 8.92. The Balaban J connectivity index is 2.15. The normalized spacial score (nSPS) is 31.6. The van der Waals surface area contributed by atoms with Crippen molar-refractivity contribution >= 4 is 12.6 Å². The maximum absolute atomic E-state index is 4.46. The van der Waals surface area contributed by atoms with Crippen molar-refractivity contribution in [1.82, 2.24) is 5.32 Å². The van der Waals surface area contributed by atoms with E-state index in [2.05, 4.69) is 31.9 Å². The van der Waals surface area contributed by atoms with Gasteiger partial charge in [-0.3, -0.25) is 0 Å². The number of hydrogen-bond acceptors (Lipinski definition) is 2. The second kappa shape index (κ2) is 5.92. The first-order valence-corrected chi connectivity index (χ1v) is 6.06. The molecule has 1 fully saturated rings. The summed E-state index contributed by atoms with van der Waals surface area (Å²) in [5, 5.41) is 3.87. The Hall–Kier alpha value is 0.310. The van der Waals surface area contributed by atoms with Gasteiger partial charge in [-0.2, -0.15) is 12.6 Å². The first kappa shape index (κ1) is 11.4. The lowest BCUT2D eigenvalue weighted by Gasteiger charge is -2.29. The maximum Gasteiger partial charge on any atom is -0.000895 e. The second-order valence-electron chi connectivity index (χ2n) is 4.53. The van der Waals surface area contributed by atoms with Gasteiger partial charge in [-0.05, 0) is 49.9 Å². The van der Waals surface area contributed by atoms with Gasteiger partial charge in [0, 0.05) is 0 Å². The molecule has 1 saturated carbocycles.